The van der Waals surface area contributed by atoms with Gasteiger partial charge >= 0.3 is 0 Å². The minimum absolute atomic E-state index is 0.0352. The van der Waals surface area contributed by atoms with E-state index in [1.165, 1.54) is 24.3 Å². The topological polar surface area (TPSA) is 89.8 Å². The fourth-order valence-electron chi connectivity index (χ4n) is 2.62. The Labute approximate surface area is 145 Å². The van der Waals surface area contributed by atoms with Crippen LogP contribution < -0.4 is 0 Å². The molecule has 1 heterocycles. The molecular formula is C17H16N2O5S. The first kappa shape index (κ1) is 17.1. The molecule has 130 valence electrons. The second kappa shape index (κ2) is 6.30. The molecule has 1 aliphatic heterocycles. The predicted molar refractivity (Wildman–Crippen MR) is 92.1 cm³/mol. The molecule has 0 saturated heterocycles. The summed E-state index contributed by atoms with van der Waals surface area (Å²) in [7, 11) is -2.38. The van der Waals surface area contributed by atoms with Crippen molar-refractivity contribution in [1.82, 2.24) is 4.90 Å². The Bertz CT molecular complexity index is 952. The summed E-state index contributed by atoms with van der Waals surface area (Å²) in [6, 6.07) is 10.8. The zero-order valence-corrected chi connectivity index (χ0v) is 14.4. The number of fused-ring (bicyclic) bond motifs is 1. The normalized spacial score (nSPS) is 16.6. The van der Waals surface area contributed by atoms with E-state index in [1.54, 1.807) is 42.4 Å². The summed E-state index contributed by atoms with van der Waals surface area (Å²) in [5.74, 6) is 0. The third-order valence-corrected chi connectivity index (χ3v) is 5.24. The van der Waals surface area contributed by atoms with Gasteiger partial charge in [0.05, 0.1) is 15.4 Å². The van der Waals surface area contributed by atoms with Gasteiger partial charge in [0.15, 0.2) is 6.23 Å². The van der Waals surface area contributed by atoms with E-state index in [0.717, 1.165) is 5.56 Å². The van der Waals surface area contributed by atoms with E-state index in [1.807, 2.05) is 6.92 Å². The molecule has 0 spiro atoms. The van der Waals surface area contributed by atoms with Gasteiger partial charge in [0, 0.05) is 24.9 Å². The minimum atomic E-state index is -4.03. The van der Waals surface area contributed by atoms with Crippen LogP contribution in [0.2, 0.25) is 0 Å². The molecule has 3 rings (SSSR count). The molecule has 0 bridgehead atoms. The average Bonchev–Trinajstić information content (AvgIpc) is 2.57. The quantitative estimate of drug-likeness (QED) is 0.472. The van der Waals surface area contributed by atoms with E-state index in [-0.39, 0.29) is 10.6 Å². The highest BCUT2D eigenvalue weighted by molar-refractivity contribution is 7.86. The Hall–Kier alpha value is -2.71. The summed E-state index contributed by atoms with van der Waals surface area (Å²) >= 11 is 0. The maximum atomic E-state index is 12.6. The molecular weight excluding hydrogens is 344 g/mol. The smallest absolute Gasteiger partial charge is 0.299 e. The van der Waals surface area contributed by atoms with Crippen molar-refractivity contribution in [3.05, 3.63) is 75.5 Å². The van der Waals surface area contributed by atoms with Crippen LogP contribution in [0.3, 0.4) is 0 Å². The minimum Gasteiger partial charge on any atom is -0.351 e. The lowest BCUT2D eigenvalue weighted by Gasteiger charge is -2.30. The molecule has 1 atom stereocenters. The van der Waals surface area contributed by atoms with Gasteiger partial charge in [-0.2, -0.15) is 8.42 Å². The van der Waals surface area contributed by atoms with Gasteiger partial charge in [-0.05, 0) is 25.1 Å². The molecule has 0 fully saturated rings. The molecule has 1 aliphatic rings. The maximum absolute atomic E-state index is 12.6. The highest BCUT2D eigenvalue weighted by Crippen LogP contribution is 2.37. The van der Waals surface area contributed by atoms with Crippen molar-refractivity contribution < 1.29 is 17.5 Å². The van der Waals surface area contributed by atoms with Gasteiger partial charge < -0.3 is 4.90 Å². The first-order valence-corrected chi connectivity index (χ1v) is 8.88. The first-order valence-electron chi connectivity index (χ1n) is 7.47. The van der Waals surface area contributed by atoms with Gasteiger partial charge in [0.1, 0.15) is 0 Å². The standard InChI is InChI=1S/C17H16N2O5S/c1-12-6-8-13(9-7-12)25(22,23)24-17-15-4-3-5-16(19(20)21)14(15)10-11-18(17)2/h3-11,17H,1-2H3. The molecule has 0 radical (unpaired) electrons. The number of nitrogens with zero attached hydrogens (tertiary/aromatic N) is 2. The summed E-state index contributed by atoms with van der Waals surface area (Å²) in [5, 5.41) is 11.2. The Morgan fingerprint density at radius 3 is 2.48 bits per heavy atom. The van der Waals surface area contributed by atoms with Crippen LogP contribution in [0.15, 0.2) is 53.6 Å². The zero-order valence-electron chi connectivity index (χ0n) is 13.6. The molecule has 2 aromatic carbocycles. The molecule has 25 heavy (non-hydrogen) atoms. The molecule has 1 unspecified atom stereocenters. The fraction of sp³-hybridized carbons (Fsp3) is 0.176. The second-order valence-corrected chi connectivity index (χ2v) is 7.31. The number of nitro groups is 1. The van der Waals surface area contributed by atoms with Crippen LogP contribution in [0, 0.1) is 17.0 Å². The van der Waals surface area contributed by atoms with E-state index in [9.17, 15) is 18.5 Å². The average molecular weight is 360 g/mol. The number of benzene rings is 2. The fourth-order valence-corrected chi connectivity index (χ4v) is 3.68. The van der Waals surface area contributed by atoms with Crippen molar-refractivity contribution in [2.24, 2.45) is 0 Å². The van der Waals surface area contributed by atoms with Gasteiger partial charge in [0.25, 0.3) is 15.8 Å². The maximum Gasteiger partial charge on any atom is 0.299 e. The Balaban J connectivity index is 2.01. The van der Waals surface area contributed by atoms with Crippen LogP contribution in [0.5, 0.6) is 0 Å². The summed E-state index contributed by atoms with van der Waals surface area (Å²) in [4.78, 5) is 12.3. The van der Waals surface area contributed by atoms with E-state index < -0.39 is 21.3 Å². The van der Waals surface area contributed by atoms with Crippen LogP contribution in [0.1, 0.15) is 22.9 Å². The third kappa shape index (κ3) is 3.26. The van der Waals surface area contributed by atoms with E-state index >= 15 is 0 Å². The predicted octanol–water partition coefficient (Wildman–Crippen LogP) is 3.22. The highest BCUT2D eigenvalue weighted by atomic mass is 32.2. The zero-order chi connectivity index (χ0) is 18.2. The lowest BCUT2D eigenvalue weighted by atomic mass is 10.0. The summed E-state index contributed by atoms with van der Waals surface area (Å²) in [5.41, 5.74) is 1.60. The van der Waals surface area contributed by atoms with E-state index in [2.05, 4.69) is 0 Å². The van der Waals surface area contributed by atoms with Gasteiger partial charge in [-0.15, -0.1) is 0 Å². The molecule has 8 heteroatoms. The number of rotatable bonds is 4. The largest absolute Gasteiger partial charge is 0.351 e. The SMILES string of the molecule is Cc1ccc(S(=O)(=O)OC2c3cccc([N+](=O)[O-])c3C=CN2C)cc1. The lowest BCUT2D eigenvalue weighted by molar-refractivity contribution is -0.385. The summed E-state index contributed by atoms with van der Waals surface area (Å²) in [6.07, 6.45) is 2.16. The van der Waals surface area contributed by atoms with Gasteiger partial charge in [0.2, 0.25) is 0 Å². The number of hydrogen-bond acceptors (Lipinski definition) is 6. The van der Waals surface area contributed by atoms with Crippen molar-refractivity contribution in [2.75, 3.05) is 7.05 Å². The van der Waals surface area contributed by atoms with E-state index in [0.29, 0.717) is 11.1 Å². The van der Waals surface area contributed by atoms with Crippen LogP contribution in [0.4, 0.5) is 5.69 Å². The number of hydrogen-bond donors (Lipinski definition) is 0. The first-order chi connectivity index (χ1) is 11.8. The van der Waals surface area contributed by atoms with Gasteiger partial charge in [-0.3, -0.25) is 10.1 Å². The van der Waals surface area contributed by atoms with Crippen molar-refractivity contribution >= 4 is 21.9 Å². The Morgan fingerprint density at radius 2 is 1.84 bits per heavy atom. The molecule has 2 aromatic rings. The molecule has 0 aliphatic carbocycles. The van der Waals surface area contributed by atoms with Crippen LogP contribution >= 0.6 is 0 Å². The third-order valence-electron chi connectivity index (χ3n) is 3.95. The molecule has 0 saturated carbocycles. The van der Waals surface area contributed by atoms with Crippen molar-refractivity contribution in [3.8, 4) is 0 Å². The second-order valence-electron chi connectivity index (χ2n) is 5.73. The monoisotopic (exact) mass is 360 g/mol. The van der Waals surface area contributed by atoms with Gasteiger partial charge in [-0.1, -0.05) is 29.8 Å². The van der Waals surface area contributed by atoms with Crippen molar-refractivity contribution in [3.63, 3.8) is 0 Å². The van der Waals surface area contributed by atoms with Crippen molar-refractivity contribution in [2.45, 2.75) is 18.0 Å². The Kier molecular flexibility index (Phi) is 4.32. The van der Waals surface area contributed by atoms with E-state index in [4.69, 9.17) is 4.18 Å². The van der Waals surface area contributed by atoms with Crippen LogP contribution in [-0.4, -0.2) is 25.3 Å². The molecule has 0 amide bonds. The lowest BCUT2D eigenvalue weighted by Crippen LogP contribution is -2.27. The van der Waals surface area contributed by atoms with Crippen LogP contribution in [0.25, 0.3) is 6.08 Å². The molecule has 0 N–H and O–H groups in total. The Morgan fingerprint density at radius 1 is 1.16 bits per heavy atom. The number of nitro benzene ring substituents is 1. The summed E-state index contributed by atoms with van der Waals surface area (Å²) in [6.45, 7) is 1.85. The summed E-state index contributed by atoms with van der Waals surface area (Å²) < 4.78 is 30.6. The van der Waals surface area contributed by atoms with Crippen molar-refractivity contribution in [1.29, 1.82) is 0 Å². The number of aryl methyl sites for hydroxylation is 1. The molecule has 0 aromatic heterocycles. The van der Waals surface area contributed by atoms with Crippen LogP contribution in [-0.2, 0) is 14.3 Å². The highest BCUT2D eigenvalue weighted by Gasteiger charge is 2.31. The van der Waals surface area contributed by atoms with Gasteiger partial charge in [-0.25, -0.2) is 4.18 Å². The molecule has 7 nitrogen and oxygen atoms in total.